The first-order valence-electron chi connectivity index (χ1n) is 28.0. The van der Waals surface area contributed by atoms with Crippen LogP contribution in [0.4, 0.5) is 0 Å². The molecule has 0 saturated heterocycles. The Kier molecular flexibility index (Phi) is 50.7. The van der Waals surface area contributed by atoms with Crippen LogP contribution in [0, 0.1) is 0 Å². The maximum atomic E-state index is 12.8. The first-order valence-corrected chi connectivity index (χ1v) is 28.0. The van der Waals surface area contributed by atoms with Gasteiger partial charge in [-0.05, 0) is 19.3 Å². The Hall–Kier alpha value is -1.59. The van der Waals surface area contributed by atoms with E-state index in [1.165, 1.54) is 225 Å². The molecule has 0 bridgehead atoms. The molecule has 0 spiro atoms. The van der Waals surface area contributed by atoms with Crippen molar-refractivity contribution in [1.29, 1.82) is 0 Å². The van der Waals surface area contributed by atoms with Crippen LogP contribution in [-0.4, -0.2) is 37.2 Å². The molecule has 0 aromatic rings. The lowest BCUT2D eigenvalue weighted by Gasteiger charge is -2.18. The van der Waals surface area contributed by atoms with E-state index in [1.807, 2.05) is 0 Å². The zero-order valence-corrected chi connectivity index (χ0v) is 42.2. The summed E-state index contributed by atoms with van der Waals surface area (Å²) in [5.41, 5.74) is 0. The minimum atomic E-state index is -0.760. The van der Waals surface area contributed by atoms with Gasteiger partial charge in [-0.2, -0.15) is 0 Å². The van der Waals surface area contributed by atoms with E-state index in [4.69, 9.17) is 14.2 Å². The predicted octanol–water partition coefficient (Wildman–Crippen LogP) is 18.4. The fourth-order valence-corrected chi connectivity index (χ4v) is 8.62. The molecule has 0 unspecified atom stereocenters. The van der Waals surface area contributed by atoms with E-state index in [-0.39, 0.29) is 31.1 Å². The highest BCUT2D eigenvalue weighted by molar-refractivity contribution is 5.71. The highest BCUT2D eigenvalue weighted by atomic mass is 16.6. The van der Waals surface area contributed by atoms with Crippen LogP contribution >= 0.6 is 0 Å². The molecule has 0 N–H and O–H groups in total. The third-order valence-corrected chi connectivity index (χ3v) is 12.9. The molecule has 368 valence electrons. The van der Waals surface area contributed by atoms with Crippen LogP contribution in [0.3, 0.4) is 0 Å². The summed E-state index contributed by atoms with van der Waals surface area (Å²) in [6, 6.07) is 0. The minimum absolute atomic E-state index is 0.0612. The number of ether oxygens (including phenoxy) is 3. The molecule has 1 atom stereocenters. The molecule has 0 aromatic carbocycles. The number of carbonyl (C=O) groups excluding carboxylic acids is 3. The normalized spacial score (nSPS) is 11.9. The van der Waals surface area contributed by atoms with Crippen molar-refractivity contribution in [2.45, 2.75) is 329 Å². The van der Waals surface area contributed by atoms with Gasteiger partial charge >= 0.3 is 17.9 Å². The molecule has 0 aliphatic carbocycles. The first-order chi connectivity index (χ1) is 30.5. The van der Waals surface area contributed by atoms with E-state index in [0.717, 1.165) is 57.8 Å². The summed E-state index contributed by atoms with van der Waals surface area (Å²) < 4.78 is 16.9. The van der Waals surface area contributed by atoms with Crippen molar-refractivity contribution in [3.8, 4) is 0 Å². The van der Waals surface area contributed by atoms with E-state index in [1.54, 1.807) is 0 Å². The molecule has 0 aliphatic rings. The lowest BCUT2D eigenvalue weighted by atomic mass is 10.0. The summed E-state index contributed by atoms with van der Waals surface area (Å²) in [7, 11) is 0. The van der Waals surface area contributed by atoms with E-state index < -0.39 is 6.10 Å². The average molecular weight is 877 g/mol. The van der Waals surface area contributed by atoms with Gasteiger partial charge in [0.05, 0.1) is 0 Å². The smallest absolute Gasteiger partial charge is 0.306 e. The van der Waals surface area contributed by atoms with E-state index >= 15 is 0 Å². The number of carbonyl (C=O) groups is 3. The summed E-state index contributed by atoms with van der Waals surface area (Å²) in [5.74, 6) is -0.834. The predicted molar refractivity (Wildman–Crippen MR) is 266 cm³/mol. The summed E-state index contributed by atoms with van der Waals surface area (Å²) in [6.07, 6.45) is 56.5. The van der Waals surface area contributed by atoms with Gasteiger partial charge in [-0.15, -0.1) is 0 Å². The minimum Gasteiger partial charge on any atom is -0.462 e. The number of hydrogen-bond acceptors (Lipinski definition) is 6. The van der Waals surface area contributed by atoms with Gasteiger partial charge in [-0.3, -0.25) is 14.4 Å². The molecule has 0 fully saturated rings. The Morgan fingerprint density at radius 1 is 0.258 bits per heavy atom. The molecule has 0 aliphatic heterocycles. The monoisotopic (exact) mass is 877 g/mol. The Morgan fingerprint density at radius 2 is 0.435 bits per heavy atom. The lowest BCUT2D eigenvalue weighted by molar-refractivity contribution is -0.167. The van der Waals surface area contributed by atoms with Crippen molar-refractivity contribution < 1.29 is 28.6 Å². The molecular formula is C56H108O6. The van der Waals surface area contributed by atoms with Crippen LogP contribution < -0.4 is 0 Å². The second-order valence-electron chi connectivity index (χ2n) is 19.2. The van der Waals surface area contributed by atoms with Gasteiger partial charge in [0.1, 0.15) is 13.2 Å². The van der Waals surface area contributed by atoms with Crippen molar-refractivity contribution in [1.82, 2.24) is 0 Å². The van der Waals surface area contributed by atoms with Crippen LogP contribution in [0.5, 0.6) is 0 Å². The van der Waals surface area contributed by atoms with Crippen molar-refractivity contribution in [3.63, 3.8) is 0 Å². The second-order valence-corrected chi connectivity index (χ2v) is 19.2. The van der Waals surface area contributed by atoms with Crippen LogP contribution in [0.25, 0.3) is 0 Å². The van der Waals surface area contributed by atoms with Gasteiger partial charge in [-0.1, -0.05) is 284 Å². The summed E-state index contributed by atoms with van der Waals surface area (Å²) >= 11 is 0. The van der Waals surface area contributed by atoms with Crippen molar-refractivity contribution in [2.75, 3.05) is 13.2 Å². The molecule has 6 heteroatoms. The van der Waals surface area contributed by atoms with Crippen molar-refractivity contribution >= 4 is 17.9 Å². The van der Waals surface area contributed by atoms with E-state index in [0.29, 0.717) is 19.3 Å². The highest BCUT2D eigenvalue weighted by Crippen LogP contribution is 2.17. The fourth-order valence-electron chi connectivity index (χ4n) is 8.62. The largest absolute Gasteiger partial charge is 0.462 e. The Morgan fingerprint density at radius 3 is 0.645 bits per heavy atom. The fraction of sp³-hybridized carbons (Fsp3) is 0.946. The first kappa shape index (κ1) is 60.4. The summed E-state index contributed by atoms with van der Waals surface area (Å²) in [4.78, 5) is 38.1. The third kappa shape index (κ3) is 49.4. The quantitative estimate of drug-likeness (QED) is 0.0344. The Balaban J connectivity index is 4.29. The molecule has 62 heavy (non-hydrogen) atoms. The van der Waals surface area contributed by atoms with E-state index in [9.17, 15) is 14.4 Å². The maximum absolute atomic E-state index is 12.8. The standard InChI is InChI=1S/C56H108O6/c1-4-7-10-13-16-19-22-25-27-29-31-34-37-40-43-46-49-55(58)61-52-53(51-60-54(57)48-45-42-39-36-33-30-24-21-18-15-12-9-6-3)62-56(59)50-47-44-41-38-35-32-28-26-23-20-17-14-11-8-5-2/h53H,4-52H2,1-3H3/t53-/m0/s1. The average Bonchev–Trinajstić information content (AvgIpc) is 3.27. The Bertz CT molecular complexity index is 920. The van der Waals surface area contributed by atoms with Crippen molar-refractivity contribution in [3.05, 3.63) is 0 Å². The summed E-state index contributed by atoms with van der Waals surface area (Å²) in [6.45, 7) is 6.70. The Labute approximate surface area is 387 Å². The number of rotatable bonds is 52. The third-order valence-electron chi connectivity index (χ3n) is 12.9. The van der Waals surface area contributed by atoms with Gasteiger partial charge in [-0.25, -0.2) is 0 Å². The molecule has 0 saturated carbocycles. The van der Waals surface area contributed by atoms with Gasteiger partial charge in [0.25, 0.3) is 0 Å². The second kappa shape index (κ2) is 52.0. The van der Waals surface area contributed by atoms with Gasteiger partial charge in [0.2, 0.25) is 0 Å². The molecule has 0 radical (unpaired) electrons. The van der Waals surface area contributed by atoms with Crippen LogP contribution in [0.15, 0.2) is 0 Å². The molecule has 0 aromatic heterocycles. The zero-order chi connectivity index (χ0) is 45.1. The number of unbranched alkanes of at least 4 members (excludes halogenated alkanes) is 41. The number of esters is 3. The SMILES string of the molecule is CCCCCCCCCCCCCCCCCCC(=O)OC[C@H](COC(=O)CCCCCCCCCCCCCCC)OC(=O)CCCCCCCCCCCCCCCCC. The molecule has 0 amide bonds. The highest BCUT2D eigenvalue weighted by Gasteiger charge is 2.19. The molecule has 0 rings (SSSR count). The van der Waals surface area contributed by atoms with Gasteiger partial charge < -0.3 is 14.2 Å². The lowest BCUT2D eigenvalue weighted by Crippen LogP contribution is -2.30. The van der Waals surface area contributed by atoms with Gasteiger partial charge in [0.15, 0.2) is 6.10 Å². The number of hydrogen-bond donors (Lipinski definition) is 0. The van der Waals surface area contributed by atoms with Crippen molar-refractivity contribution in [2.24, 2.45) is 0 Å². The van der Waals surface area contributed by atoms with Gasteiger partial charge in [0, 0.05) is 19.3 Å². The topological polar surface area (TPSA) is 78.9 Å². The maximum Gasteiger partial charge on any atom is 0.306 e. The molecular weight excluding hydrogens is 769 g/mol. The van der Waals surface area contributed by atoms with Crippen LogP contribution in [0.1, 0.15) is 323 Å². The molecule has 0 heterocycles. The summed E-state index contributed by atoms with van der Waals surface area (Å²) in [5, 5.41) is 0. The zero-order valence-electron chi connectivity index (χ0n) is 42.2. The van der Waals surface area contributed by atoms with Crippen LogP contribution in [0.2, 0.25) is 0 Å². The van der Waals surface area contributed by atoms with E-state index in [2.05, 4.69) is 20.8 Å². The molecule has 6 nitrogen and oxygen atoms in total. The van der Waals surface area contributed by atoms with Crippen LogP contribution in [-0.2, 0) is 28.6 Å².